The van der Waals surface area contributed by atoms with E-state index >= 15 is 0 Å². The van der Waals surface area contributed by atoms with Gasteiger partial charge in [-0.3, -0.25) is 9.78 Å². The number of aromatic nitrogens is 2. The lowest BCUT2D eigenvalue weighted by Gasteiger charge is -2.16. The number of benzene rings is 1. The minimum absolute atomic E-state index is 0.135. The van der Waals surface area contributed by atoms with Crippen molar-refractivity contribution >= 4 is 33.0 Å². The van der Waals surface area contributed by atoms with Crippen LogP contribution in [0.4, 0.5) is 5.69 Å². The fraction of sp³-hybridized carbons (Fsp3) is 0.250. The molecule has 9 heteroatoms. The number of sulfonamides is 1. The predicted molar refractivity (Wildman–Crippen MR) is 115 cm³/mol. The Morgan fingerprint density at radius 2 is 1.86 bits per heavy atom. The quantitative estimate of drug-likeness (QED) is 0.667. The minimum atomic E-state index is -3.62. The minimum Gasteiger partial charge on any atom is -0.321 e. The van der Waals surface area contributed by atoms with E-state index in [2.05, 4.69) is 15.3 Å². The van der Waals surface area contributed by atoms with E-state index in [1.54, 1.807) is 19.2 Å². The van der Waals surface area contributed by atoms with E-state index < -0.39 is 10.0 Å². The first kappa shape index (κ1) is 21.1. The average Bonchev–Trinajstić information content (AvgIpc) is 3.07. The standard InChI is InChI=1S/C20H22N4O3S2/c1-12-10-15(29(26,27)24(4)5)11-17(13(12)2)23-19(25)18-14(3)22-20(28-18)16-8-6-7-9-21-16/h6-11H,1-5H3,(H,23,25). The van der Waals surface area contributed by atoms with E-state index in [0.717, 1.165) is 15.4 Å². The van der Waals surface area contributed by atoms with Gasteiger partial charge in [-0.15, -0.1) is 11.3 Å². The van der Waals surface area contributed by atoms with Gasteiger partial charge >= 0.3 is 0 Å². The summed E-state index contributed by atoms with van der Waals surface area (Å²) >= 11 is 1.25. The summed E-state index contributed by atoms with van der Waals surface area (Å²) in [6.45, 7) is 5.43. The van der Waals surface area contributed by atoms with E-state index in [-0.39, 0.29) is 10.8 Å². The molecule has 0 saturated carbocycles. The molecule has 0 fully saturated rings. The average molecular weight is 431 g/mol. The number of rotatable bonds is 5. The number of aryl methyl sites for hydroxylation is 2. The van der Waals surface area contributed by atoms with Crippen LogP contribution in [0.25, 0.3) is 10.7 Å². The van der Waals surface area contributed by atoms with Gasteiger partial charge in [0.1, 0.15) is 9.88 Å². The van der Waals surface area contributed by atoms with Gasteiger partial charge in [0.25, 0.3) is 5.91 Å². The van der Waals surface area contributed by atoms with Gasteiger partial charge < -0.3 is 5.32 Å². The maximum atomic E-state index is 12.9. The number of nitrogens with one attached hydrogen (secondary N) is 1. The van der Waals surface area contributed by atoms with Crippen LogP contribution in [-0.2, 0) is 10.0 Å². The monoisotopic (exact) mass is 430 g/mol. The first-order chi connectivity index (χ1) is 13.6. The molecule has 0 bridgehead atoms. The number of carbonyl (C=O) groups excluding carboxylic acids is 1. The molecule has 2 heterocycles. The highest BCUT2D eigenvalue weighted by atomic mass is 32.2. The van der Waals surface area contributed by atoms with Crippen LogP contribution in [0.5, 0.6) is 0 Å². The molecule has 1 amide bonds. The topological polar surface area (TPSA) is 92.3 Å². The predicted octanol–water partition coefficient (Wildman–Crippen LogP) is 3.63. The molecule has 3 aromatic rings. The van der Waals surface area contributed by atoms with Crippen LogP contribution in [0, 0.1) is 20.8 Å². The van der Waals surface area contributed by atoms with Crippen LogP contribution in [0.3, 0.4) is 0 Å². The van der Waals surface area contributed by atoms with Gasteiger partial charge in [-0.2, -0.15) is 0 Å². The first-order valence-electron chi connectivity index (χ1n) is 8.85. The fourth-order valence-electron chi connectivity index (χ4n) is 2.70. The number of anilines is 1. The lowest BCUT2D eigenvalue weighted by molar-refractivity contribution is 0.102. The highest BCUT2D eigenvalue weighted by Crippen LogP contribution is 2.29. The van der Waals surface area contributed by atoms with Gasteiger partial charge in [0.05, 0.1) is 16.3 Å². The normalized spacial score (nSPS) is 11.7. The third-order valence-electron chi connectivity index (χ3n) is 4.55. The van der Waals surface area contributed by atoms with Crippen LogP contribution in [0.2, 0.25) is 0 Å². The van der Waals surface area contributed by atoms with Crippen molar-refractivity contribution in [1.29, 1.82) is 0 Å². The van der Waals surface area contributed by atoms with Crippen molar-refractivity contribution in [1.82, 2.24) is 14.3 Å². The Morgan fingerprint density at radius 3 is 2.48 bits per heavy atom. The number of amides is 1. The van der Waals surface area contributed by atoms with Crippen molar-refractivity contribution < 1.29 is 13.2 Å². The lowest BCUT2D eigenvalue weighted by Crippen LogP contribution is -2.23. The molecule has 0 radical (unpaired) electrons. The zero-order valence-corrected chi connectivity index (χ0v) is 18.5. The molecule has 1 aromatic carbocycles. The lowest BCUT2D eigenvalue weighted by atomic mass is 10.1. The third-order valence-corrected chi connectivity index (χ3v) is 7.53. The second-order valence-electron chi connectivity index (χ2n) is 6.80. The van der Waals surface area contributed by atoms with Crippen LogP contribution >= 0.6 is 11.3 Å². The summed E-state index contributed by atoms with van der Waals surface area (Å²) in [5.74, 6) is -0.330. The maximum absolute atomic E-state index is 12.9. The molecule has 0 atom stereocenters. The number of hydrogen-bond donors (Lipinski definition) is 1. The first-order valence-corrected chi connectivity index (χ1v) is 11.1. The molecule has 0 aliphatic rings. The third kappa shape index (κ3) is 4.21. The van der Waals surface area contributed by atoms with Gasteiger partial charge in [0.15, 0.2) is 0 Å². The molecule has 0 aliphatic carbocycles. The van der Waals surface area contributed by atoms with Crippen LogP contribution in [0.15, 0.2) is 41.4 Å². The summed E-state index contributed by atoms with van der Waals surface area (Å²) in [7, 11) is -0.666. The molecule has 0 spiro atoms. The largest absolute Gasteiger partial charge is 0.321 e. The Hall–Kier alpha value is -2.62. The van der Waals surface area contributed by atoms with E-state index in [0.29, 0.717) is 27.0 Å². The zero-order valence-electron chi connectivity index (χ0n) is 16.8. The van der Waals surface area contributed by atoms with Crippen LogP contribution in [0.1, 0.15) is 26.5 Å². The van der Waals surface area contributed by atoms with E-state index in [9.17, 15) is 13.2 Å². The van der Waals surface area contributed by atoms with E-state index in [4.69, 9.17) is 0 Å². The molecule has 0 saturated heterocycles. The molecule has 7 nitrogen and oxygen atoms in total. The number of carbonyl (C=O) groups is 1. The SMILES string of the molecule is Cc1cc(S(=O)(=O)N(C)C)cc(NC(=O)c2sc(-c3ccccn3)nc2C)c1C. The summed E-state index contributed by atoms with van der Waals surface area (Å²) < 4.78 is 26.2. The maximum Gasteiger partial charge on any atom is 0.267 e. The summed E-state index contributed by atoms with van der Waals surface area (Å²) in [5.41, 5.74) is 3.34. The second kappa shape index (κ2) is 8.02. The zero-order chi connectivity index (χ0) is 21.3. The summed E-state index contributed by atoms with van der Waals surface area (Å²) in [6.07, 6.45) is 1.68. The molecule has 0 aliphatic heterocycles. The second-order valence-corrected chi connectivity index (χ2v) is 9.95. The molecule has 152 valence electrons. The highest BCUT2D eigenvalue weighted by molar-refractivity contribution is 7.89. The molecule has 1 N–H and O–H groups in total. The van der Waals surface area contributed by atoms with Gasteiger partial charge in [-0.05, 0) is 56.2 Å². The molecular weight excluding hydrogens is 408 g/mol. The number of hydrogen-bond acceptors (Lipinski definition) is 6. The van der Waals surface area contributed by atoms with Crippen molar-refractivity contribution in [2.24, 2.45) is 0 Å². The van der Waals surface area contributed by atoms with Gasteiger partial charge in [-0.1, -0.05) is 6.07 Å². The summed E-state index contributed by atoms with van der Waals surface area (Å²) in [5, 5.41) is 3.51. The summed E-state index contributed by atoms with van der Waals surface area (Å²) in [4.78, 5) is 22.2. The van der Waals surface area contributed by atoms with Crippen LogP contribution in [-0.4, -0.2) is 42.7 Å². The Kier molecular flexibility index (Phi) is 5.83. The molecular formula is C20H22N4O3S2. The van der Waals surface area contributed by atoms with Gasteiger partial charge in [-0.25, -0.2) is 17.7 Å². The fourth-order valence-corrected chi connectivity index (χ4v) is 4.65. The molecule has 0 unspecified atom stereocenters. The Balaban J connectivity index is 1.96. The highest BCUT2D eigenvalue weighted by Gasteiger charge is 2.22. The van der Waals surface area contributed by atoms with Crippen LogP contribution < -0.4 is 5.32 Å². The Bertz CT molecular complexity index is 1170. The van der Waals surface area contributed by atoms with Crippen molar-refractivity contribution in [2.75, 3.05) is 19.4 Å². The van der Waals surface area contributed by atoms with E-state index in [1.807, 2.05) is 32.0 Å². The number of pyridine rings is 1. The molecule has 3 rings (SSSR count). The Labute approximate surface area is 174 Å². The van der Waals surface area contributed by atoms with Crippen molar-refractivity contribution in [3.05, 3.63) is 58.2 Å². The smallest absolute Gasteiger partial charge is 0.267 e. The molecule has 29 heavy (non-hydrogen) atoms. The van der Waals surface area contributed by atoms with Crippen molar-refractivity contribution in [3.63, 3.8) is 0 Å². The number of nitrogens with zero attached hydrogens (tertiary/aromatic N) is 3. The van der Waals surface area contributed by atoms with Crippen molar-refractivity contribution in [2.45, 2.75) is 25.7 Å². The van der Waals surface area contributed by atoms with Gasteiger partial charge in [0.2, 0.25) is 10.0 Å². The number of thiazole rings is 1. The van der Waals surface area contributed by atoms with Gasteiger partial charge in [0, 0.05) is 26.0 Å². The Morgan fingerprint density at radius 1 is 1.14 bits per heavy atom. The van der Waals surface area contributed by atoms with Crippen molar-refractivity contribution in [3.8, 4) is 10.7 Å². The molecule has 2 aromatic heterocycles. The summed E-state index contributed by atoms with van der Waals surface area (Å²) in [6, 6.07) is 8.62. The van der Waals surface area contributed by atoms with E-state index in [1.165, 1.54) is 31.5 Å².